The first-order valence-corrected chi connectivity index (χ1v) is 9.12. The first-order valence-electron chi connectivity index (χ1n) is 9.12. The highest BCUT2D eigenvalue weighted by Gasteiger charge is 2.22. The van der Waals surface area contributed by atoms with Crippen molar-refractivity contribution in [1.29, 1.82) is 0 Å². The van der Waals surface area contributed by atoms with Gasteiger partial charge in [-0.2, -0.15) is 0 Å². The number of nitrogens with zero attached hydrogens (tertiary/aromatic N) is 1. The number of carbonyl (C=O) groups is 1. The monoisotopic (exact) mass is 356 g/mol. The van der Waals surface area contributed by atoms with Crippen molar-refractivity contribution in [3.05, 3.63) is 65.5 Å². The average Bonchev–Trinajstić information content (AvgIpc) is 2.67. The fourth-order valence-electron chi connectivity index (χ4n) is 3.31. The Bertz CT molecular complexity index is 725. The number of piperidine rings is 1. The summed E-state index contributed by atoms with van der Waals surface area (Å²) in [6, 6.07) is 14.5. The minimum absolute atomic E-state index is 0.0395. The third-order valence-corrected chi connectivity index (χ3v) is 4.88. The molecule has 0 spiro atoms. The van der Waals surface area contributed by atoms with Crippen LogP contribution in [0.4, 0.5) is 10.1 Å². The summed E-state index contributed by atoms with van der Waals surface area (Å²) in [5.41, 5.74) is 2.78. The van der Waals surface area contributed by atoms with Gasteiger partial charge in [0.1, 0.15) is 5.82 Å². The fourth-order valence-corrected chi connectivity index (χ4v) is 3.31. The van der Waals surface area contributed by atoms with Gasteiger partial charge < -0.3 is 15.3 Å². The van der Waals surface area contributed by atoms with E-state index in [1.807, 2.05) is 35.2 Å². The Morgan fingerprint density at radius 3 is 2.46 bits per heavy atom. The molecule has 2 N–H and O–H groups in total. The van der Waals surface area contributed by atoms with Crippen molar-refractivity contribution in [3.63, 3.8) is 0 Å². The van der Waals surface area contributed by atoms with Gasteiger partial charge in [-0.25, -0.2) is 4.39 Å². The molecule has 3 rings (SSSR count). The third-order valence-electron chi connectivity index (χ3n) is 4.88. The number of hydrogen-bond acceptors (Lipinski definition) is 3. The molecule has 4 nitrogen and oxygen atoms in total. The van der Waals surface area contributed by atoms with Crippen molar-refractivity contribution in [2.24, 2.45) is 0 Å². The number of rotatable bonds is 6. The number of likely N-dealkylation sites (tertiary alicyclic amines) is 1. The molecule has 0 radical (unpaired) electrons. The average molecular weight is 356 g/mol. The van der Waals surface area contributed by atoms with Crippen molar-refractivity contribution in [3.8, 4) is 0 Å². The number of halogens is 1. The van der Waals surface area contributed by atoms with Crippen LogP contribution in [0.2, 0.25) is 0 Å². The molecule has 1 amide bonds. The number of hydrogen-bond donors (Lipinski definition) is 2. The van der Waals surface area contributed by atoms with Crippen molar-refractivity contribution in [1.82, 2.24) is 4.90 Å². The van der Waals surface area contributed by atoms with Crippen molar-refractivity contribution in [2.45, 2.75) is 38.3 Å². The molecule has 1 fully saturated rings. The van der Waals surface area contributed by atoms with E-state index in [0.29, 0.717) is 12.8 Å². The Morgan fingerprint density at radius 2 is 1.81 bits per heavy atom. The predicted molar refractivity (Wildman–Crippen MR) is 100 cm³/mol. The Hall–Kier alpha value is -2.40. The molecule has 0 aromatic heterocycles. The van der Waals surface area contributed by atoms with Gasteiger partial charge in [0.2, 0.25) is 5.91 Å². The van der Waals surface area contributed by atoms with E-state index in [4.69, 9.17) is 5.11 Å². The summed E-state index contributed by atoms with van der Waals surface area (Å²) in [4.78, 5) is 14.3. The van der Waals surface area contributed by atoms with E-state index in [0.717, 1.165) is 42.7 Å². The number of anilines is 1. The maximum absolute atomic E-state index is 13.3. The Kier molecular flexibility index (Phi) is 6.23. The number of amides is 1. The van der Waals surface area contributed by atoms with Crippen molar-refractivity contribution < 1.29 is 14.3 Å². The number of aliphatic hydroxyl groups is 1. The van der Waals surface area contributed by atoms with Crippen LogP contribution in [0, 0.1) is 5.82 Å². The zero-order chi connectivity index (χ0) is 18.4. The summed E-state index contributed by atoms with van der Waals surface area (Å²) >= 11 is 0. The van der Waals surface area contributed by atoms with Crippen molar-refractivity contribution in [2.75, 3.05) is 18.4 Å². The largest absolute Gasteiger partial charge is 0.392 e. The van der Waals surface area contributed by atoms with E-state index in [1.165, 1.54) is 12.1 Å². The highest BCUT2D eigenvalue weighted by atomic mass is 19.1. The van der Waals surface area contributed by atoms with Crippen molar-refractivity contribution >= 4 is 11.6 Å². The van der Waals surface area contributed by atoms with E-state index in [1.54, 1.807) is 6.07 Å². The van der Waals surface area contributed by atoms with Gasteiger partial charge in [0.25, 0.3) is 0 Å². The van der Waals surface area contributed by atoms with Gasteiger partial charge in [-0.3, -0.25) is 4.79 Å². The summed E-state index contributed by atoms with van der Waals surface area (Å²) in [5, 5.41) is 12.4. The molecule has 1 aliphatic heterocycles. The number of aliphatic hydroxyl groups excluding tert-OH is 1. The molecular weight excluding hydrogens is 331 g/mol. The molecule has 26 heavy (non-hydrogen) atoms. The third kappa shape index (κ3) is 5.05. The minimum atomic E-state index is -0.241. The number of aryl methyl sites for hydroxylation is 1. The van der Waals surface area contributed by atoms with Gasteiger partial charge >= 0.3 is 0 Å². The van der Waals surface area contributed by atoms with Crippen LogP contribution in [0.5, 0.6) is 0 Å². The maximum atomic E-state index is 13.3. The SMILES string of the molecule is O=C(CCc1ccc(CO)cc1)N1CCC(Nc2cccc(F)c2)CC1. The number of benzene rings is 2. The van der Waals surface area contributed by atoms with Gasteiger partial charge in [-0.1, -0.05) is 30.3 Å². The van der Waals surface area contributed by atoms with Crippen LogP contribution < -0.4 is 5.32 Å². The summed E-state index contributed by atoms with van der Waals surface area (Å²) < 4.78 is 13.3. The molecule has 0 saturated carbocycles. The van der Waals surface area contributed by atoms with Gasteiger partial charge in [-0.15, -0.1) is 0 Å². The standard InChI is InChI=1S/C21H25FN2O2/c22-18-2-1-3-20(14-18)23-19-10-12-24(13-11-19)21(26)9-8-16-4-6-17(15-25)7-5-16/h1-7,14,19,23,25H,8-13,15H2. The van der Waals surface area contributed by atoms with Gasteiger partial charge in [0.05, 0.1) is 6.61 Å². The summed E-state index contributed by atoms with van der Waals surface area (Å²) in [7, 11) is 0. The molecule has 0 bridgehead atoms. The predicted octanol–water partition coefficient (Wildman–Crippen LogP) is 3.35. The van der Waals surface area contributed by atoms with Crippen LogP contribution in [0.25, 0.3) is 0 Å². The lowest BCUT2D eigenvalue weighted by Gasteiger charge is -2.33. The first kappa shape index (κ1) is 18.4. The molecular formula is C21H25FN2O2. The smallest absolute Gasteiger partial charge is 0.222 e. The molecule has 0 unspecified atom stereocenters. The Balaban J connectivity index is 1.42. The summed E-state index contributed by atoms with van der Waals surface area (Å²) in [6.45, 7) is 1.50. The second kappa shape index (κ2) is 8.81. The molecule has 1 heterocycles. The van der Waals surface area contributed by atoms with Crippen LogP contribution in [-0.4, -0.2) is 35.0 Å². The van der Waals surface area contributed by atoms with E-state index in [-0.39, 0.29) is 24.4 Å². The quantitative estimate of drug-likeness (QED) is 0.835. The normalized spacial score (nSPS) is 15.1. The molecule has 0 atom stereocenters. The highest BCUT2D eigenvalue weighted by Crippen LogP contribution is 2.18. The van der Waals surface area contributed by atoms with Gasteiger partial charge in [0, 0.05) is 31.2 Å². The number of carbonyl (C=O) groups excluding carboxylic acids is 1. The molecule has 1 aliphatic rings. The van der Waals surface area contributed by atoms with Gasteiger partial charge in [0.15, 0.2) is 0 Å². The fraction of sp³-hybridized carbons (Fsp3) is 0.381. The van der Waals surface area contributed by atoms with Crippen LogP contribution in [0.3, 0.4) is 0 Å². The molecule has 5 heteroatoms. The molecule has 2 aromatic carbocycles. The van der Waals surface area contributed by atoms with E-state index in [2.05, 4.69) is 5.32 Å². The second-order valence-electron chi connectivity index (χ2n) is 6.78. The molecule has 2 aromatic rings. The topological polar surface area (TPSA) is 52.6 Å². The lowest BCUT2D eigenvalue weighted by molar-refractivity contribution is -0.132. The zero-order valence-corrected chi connectivity index (χ0v) is 14.8. The van der Waals surface area contributed by atoms with E-state index < -0.39 is 0 Å². The number of nitrogens with one attached hydrogen (secondary N) is 1. The lowest BCUT2D eigenvalue weighted by Crippen LogP contribution is -2.42. The Labute approximate surface area is 153 Å². The van der Waals surface area contributed by atoms with Crippen LogP contribution in [-0.2, 0) is 17.8 Å². The van der Waals surface area contributed by atoms with E-state index >= 15 is 0 Å². The Morgan fingerprint density at radius 1 is 1.12 bits per heavy atom. The van der Waals surface area contributed by atoms with E-state index in [9.17, 15) is 9.18 Å². The lowest BCUT2D eigenvalue weighted by atomic mass is 10.0. The van der Waals surface area contributed by atoms with Crippen LogP contribution in [0.1, 0.15) is 30.4 Å². The van der Waals surface area contributed by atoms with Gasteiger partial charge in [-0.05, 0) is 48.6 Å². The summed E-state index contributed by atoms with van der Waals surface area (Å²) in [5.74, 6) is -0.0601. The first-order chi connectivity index (χ1) is 12.6. The second-order valence-corrected chi connectivity index (χ2v) is 6.78. The minimum Gasteiger partial charge on any atom is -0.392 e. The molecule has 0 aliphatic carbocycles. The summed E-state index contributed by atoms with van der Waals surface area (Å²) in [6.07, 6.45) is 2.95. The van der Waals surface area contributed by atoms with Crippen LogP contribution >= 0.6 is 0 Å². The highest BCUT2D eigenvalue weighted by molar-refractivity contribution is 5.76. The van der Waals surface area contributed by atoms with Crippen LogP contribution in [0.15, 0.2) is 48.5 Å². The molecule has 1 saturated heterocycles. The maximum Gasteiger partial charge on any atom is 0.222 e. The molecule has 138 valence electrons. The zero-order valence-electron chi connectivity index (χ0n) is 14.8.